The Bertz CT molecular complexity index is 1130. The first-order valence-electron chi connectivity index (χ1n) is 10.2. The average molecular weight is 515 g/mol. The van der Waals surface area contributed by atoms with Crippen LogP contribution in [0.25, 0.3) is 0 Å². The molecule has 1 saturated heterocycles. The molecule has 2 aliphatic rings. The number of morpholine rings is 1. The highest BCUT2D eigenvalue weighted by molar-refractivity contribution is 7.89. The number of fused-ring (bicyclic) bond motifs is 1. The second-order valence-corrected chi connectivity index (χ2v) is 10.7. The van der Waals surface area contributed by atoms with Crippen LogP contribution in [0.2, 0.25) is 0 Å². The summed E-state index contributed by atoms with van der Waals surface area (Å²) in [6.45, 7) is 2.86. The van der Waals surface area contributed by atoms with Gasteiger partial charge in [-0.1, -0.05) is 0 Å². The molecule has 1 aromatic carbocycles. The zero-order valence-corrected chi connectivity index (χ0v) is 20.7. The van der Waals surface area contributed by atoms with Crippen molar-refractivity contribution in [3.05, 3.63) is 45.8 Å². The Morgan fingerprint density at radius 1 is 1.12 bits per heavy atom. The highest BCUT2D eigenvalue weighted by Gasteiger charge is 2.29. The van der Waals surface area contributed by atoms with Crippen molar-refractivity contribution in [1.29, 1.82) is 0 Å². The van der Waals surface area contributed by atoms with E-state index in [4.69, 9.17) is 9.47 Å². The number of nitrogens with zero attached hydrogens (tertiary/aromatic N) is 2. The van der Waals surface area contributed by atoms with Crippen molar-refractivity contribution < 1.29 is 39.9 Å². The normalized spacial score (nSPS) is 17.0. The van der Waals surface area contributed by atoms with Crippen LogP contribution in [0.4, 0.5) is 5.00 Å². The van der Waals surface area contributed by atoms with E-state index in [2.05, 4.69) is 10.2 Å². The number of hydrogen-bond donors (Lipinski definition) is 1. The first-order valence-corrected chi connectivity index (χ1v) is 12.5. The Hall–Kier alpha value is -2.02. The predicted molar refractivity (Wildman–Crippen MR) is 120 cm³/mol. The molecule has 180 valence electrons. The first-order chi connectivity index (χ1) is 15.3. The molecule has 1 fully saturated rings. The van der Waals surface area contributed by atoms with Gasteiger partial charge in [-0.2, -0.15) is 4.31 Å². The van der Waals surface area contributed by atoms with Crippen LogP contribution in [-0.4, -0.2) is 76.5 Å². The third-order valence-corrected chi connectivity index (χ3v) is 8.63. The van der Waals surface area contributed by atoms with Crippen molar-refractivity contribution in [2.24, 2.45) is 0 Å². The van der Waals surface area contributed by atoms with Gasteiger partial charge in [-0.3, -0.25) is 4.79 Å². The lowest BCUT2D eigenvalue weighted by atomic mass is 10.0. The molecule has 9 nitrogen and oxygen atoms in total. The molecule has 33 heavy (non-hydrogen) atoms. The van der Waals surface area contributed by atoms with Gasteiger partial charge in [0.2, 0.25) is 10.0 Å². The third-order valence-electron chi connectivity index (χ3n) is 5.59. The minimum Gasteiger partial charge on any atom is -1.00 e. The van der Waals surface area contributed by atoms with Gasteiger partial charge in [-0.05, 0) is 43.3 Å². The van der Waals surface area contributed by atoms with Crippen LogP contribution in [0.5, 0.6) is 0 Å². The Balaban J connectivity index is 0.00000306. The highest BCUT2D eigenvalue weighted by Crippen LogP contribution is 2.37. The zero-order chi connectivity index (χ0) is 22.9. The molecule has 2 aliphatic heterocycles. The monoisotopic (exact) mass is 514 g/mol. The number of sulfonamides is 1. The van der Waals surface area contributed by atoms with Gasteiger partial charge in [0.15, 0.2) is 0 Å². The molecule has 1 aromatic heterocycles. The molecule has 0 atom stereocenters. The number of esters is 1. The molecule has 4 rings (SSSR count). The number of benzene rings is 1. The molecule has 0 aliphatic carbocycles. The van der Waals surface area contributed by atoms with Crippen LogP contribution in [0.3, 0.4) is 0 Å². The molecular formula is C21H25ClN3O6S2-. The Morgan fingerprint density at radius 3 is 2.42 bits per heavy atom. The minimum absolute atomic E-state index is 0. The van der Waals surface area contributed by atoms with Gasteiger partial charge >= 0.3 is 5.97 Å². The molecule has 1 N–H and O–H groups in total. The van der Waals surface area contributed by atoms with Gasteiger partial charge in [0, 0.05) is 36.6 Å². The molecule has 0 unspecified atom stereocenters. The number of nitrogens with one attached hydrogen (secondary N) is 1. The van der Waals surface area contributed by atoms with Crippen LogP contribution in [0, 0.1) is 0 Å². The maximum atomic E-state index is 12.9. The largest absolute Gasteiger partial charge is 1.00 e. The molecule has 0 bridgehead atoms. The maximum Gasteiger partial charge on any atom is 0.341 e. The number of rotatable bonds is 5. The van der Waals surface area contributed by atoms with Gasteiger partial charge in [0.05, 0.1) is 30.8 Å². The van der Waals surface area contributed by atoms with Crippen molar-refractivity contribution in [3.63, 3.8) is 0 Å². The Morgan fingerprint density at radius 2 is 1.79 bits per heavy atom. The second-order valence-electron chi connectivity index (χ2n) is 7.68. The summed E-state index contributed by atoms with van der Waals surface area (Å²) in [5.74, 6) is -0.897. The predicted octanol–water partition coefficient (Wildman–Crippen LogP) is -1.20. The average Bonchev–Trinajstić information content (AvgIpc) is 3.15. The Kier molecular flexibility index (Phi) is 8.14. The van der Waals surface area contributed by atoms with E-state index in [0.717, 1.165) is 17.0 Å². The number of halogens is 1. The van der Waals surface area contributed by atoms with Crippen LogP contribution >= 0.6 is 11.3 Å². The number of methoxy groups -OCH3 is 1. The standard InChI is InChI=1S/C21H25N3O6S2.ClH/c1-23-8-7-16-17(13-23)31-20(18(16)21(26)29-2)22-19(25)14-3-5-15(6-4-14)32(27,28)24-9-11-30-12-10-24;/h3-6H,7-13H2,1-2H3,(H,22,25);1H/p-1. The number of carbonyl (C=O) groups is 2. The molecule has 0 saturated carbocycles. The topological polar surface area (TPSA) is 105 Å². The van der Waals surface area contributed by atoms with E-state index in [1.54, 1.807) is 0 Å². The van der Waals surface area contributed by atoms with Gasteiger partial charge in [0.1, 0.15) is 5.00 Å². The quantitative estimate of drug-likeness (QED) is 0.500. The van der Waals surface area contributed by atoms with Gasteiger partial charge in [-0.15, -0.1) is 11.3 Å². The van der Waals surface area contributed by atoms with Gasteiger partial charge < -0.3 is 32.1 Å². The third kappa shape index (κ3) is 5.23. The number of hydrogen-bond acceptors (Lipinski definition) is 8. The van der Waals surface area contributed by atoms with Crippen molar-refractivity contribution in [2.75, 3.05) is 52.3 Å². The summed E-state index contributed by atoms with van der Waals surface area (Å²) in [5, 5.41) is 3.27. The summed E-state index contributed by atoms with van der Waals surface area (Å²) in [7, 11) is -0.309. The zero-order valence-electron chi connectivity index (χ0n) is 18.3. The van der Waals surface area contributed by atoms with E-state index in [1.165, 1.54) is 47.0 Å². The lowest BCUT2D eigenvalue weighted by molar-refractivity contribution is -0.0000315. The second kappa shape index (κ2) is 10.5. The van der Waals surface area contributed by atoms with Crippen LogP contribution in [0.15, 0.2) is 29.2 Å². The number of ether oxygens (including phenoxy) is 2. The smallest absolute Gasteiger partial charge is 0.341 e. The molecule has 3 heterocycles. The summed E-state index contributed by atoms with van der Waals surface area (Å²) >= 11 is 1.37. The summed E-state index contributed by atoms with van der Waals surface area (Å²) in [6, 6.07) is 5.80. The van der Waals surface area contributed by atoms with Crippen LogP contribution < -0.4 is 17.7 Å². The summed E-state index contributed by atoms with van der Waals surface area (Å²) in [5.41, 5.74) is 1.62. The fourth-order valence-corrected chi connectivity index (χ4v) is 6.55. The first kappa shape index (κ1) is 25.6. The molecule has 1 amide bonds. The van der Waals surface area contributed by atoms with Crippen LogP contribution in [-0.2, 0) is 32.5 Å². The Labute approximate surface area is 203 Å². The fourth-order valence-electron chi connectivity index (χ4n) is 3.83. The molecule has 0 radical (unpaired) electrons. The molecule has 0 spiro atoms. The SMILES string of the molecule is COC(=O)c1c(NC(=O)c2ccc(S(=O)(=O)N3CCOCC3)cc2)sc2c1CCN(C)C2.[Cl-]. The number of anilines is 1. The van der Waals surface area contributed by atoms with Gasteiger partial charge in [-0.25, -0.2) is 13.2 Å². The van der Waals surface area contributed by atoms with Crippen molar-refractivity contribution in [2.45, 2.75) is 17.9 Å². The van der Waals surface area contributed by atoms with Crippen molar-refractivity contribution >= 4 is 38.2 Å². The van der Waals surface area contributed by atoms with Crippen LogP contribution in [0.1, 0.15) is 31.2 Å². The number of carbonyl (C=O) groups excluding carboxylic acids is 2. The fraction of sp³-hybridized carbons (Fsp3) is 0.429. The maximum absolute atomic E-state index is 12.9. The summed E-state index contributed by atoms with van der Waals surface area (Å²) in [6.07, 6.45) is 0.705. The molecule has 12 heteroatoms. The van der Waals surface area contributed by atoms with Gasteiger partial charge in [0.25, 0.3) is 5.91 Å². The van der Waals surface area contributed by atoms with Crippen molar-refractivity contribution in [1.82, 2.24) is 9.21 Å². The minimum atomic E-state index is -3.63. The lowest BCUT2D eigenvalue weighted by Gasteiger charge is -2.26. The van der Waals surface area contributed by atoms with Crippen molar-refractivity contribution in [3.8, 4) is 0 Å². The summed E-state index contributed by atoms with van der Waals surface area (Å²) < 4.78 is 37.1. The van der Waals surface area contributed by atoms with E-state index >= 15 is 0 Å². The van der Waals surface area contributed by atoms with E-state index < -0.39 is 21.9 Å². The number of likely N-dealkylation sites (N-methyl/N-ethyl adjacent to an activating group) is 1. The summed E-state index contributed by atoms with van der Waals surface area (Å²) in [4.78, 5) is 28.6. The van der Waals surface area contributed by atoms with E-state index in [1.807, 2.05) is 7.05 Å². The molecular weight excluding hydrogens is 490 g/mol. The van der Waals surface area contributed by atoms with E-state index in [9.17, 15) is 18.0 Å². The number of thiophene rings is 1. The molecule has 2 aromatic rings. The highest BCUT2D eigenvalue weighted by atomic mass is 35.5. The number of amides is 1. The lowest BCUT2D eigenvalue weighted by Crippen LogP contribution is -3.00. The van der Waals surface area contributed by atoms with E-state index in [0.29, 0.717) is 55.4 Å². The van der Waals surface area contributed by atoms with E-state index in [-0.39, 0.29) is 17.3 Å².